The van der Waals surface area contributed by atoms with Crippen LogP contribution in [0.15, 0.2) is 30.6 Å². The molecule has 1 aliphatic rings. The van der Waals surface area contributed by atoms with Crippen molar-refractivity contribution in [1.29, 1.82) is 0 Å². The molecule has 4 rings (SSSR count). The van der Waals surface area contributed by atoms with E-state index >= 15 is 0 Å². The lowest BCUT2D eigenvalue weighted by Crippen LogP contribution is -2.41. The monoisotopic (exact) mass is 383 g/mol. The second-order valence-electron chi connectivity index (χ2n) is 7.29. The van der Waals surface area contributed by atoms with Crippen LogP contribution in [0.2, 0.25) is 0 Å². The van der Waals surface area contributed by atoms with Crippen LogP contribution in [0.3, 0.4) is 0 Å². The third-order valence-electron chi connectivity index (χ3n) is 5.42. The Morgan fingerprint density at radius 2 is 2.11 bits per heavy atom. The van der Waals surface area contributed by atoms with E-state index in [2.05, 4.69) is 25.5 Å². The molecular formula is C20H25N5OS. The fourth-order valence-electron chi connectivity index (χ4n) is 3.73. The summed E-state index contributed by atoms with van der Waals surface area (Å²) in [7, 11) is 3.91. The van der Waals surface area contributed by atoms with Gasteiger partial charge in [0, 0.05) is 38.1 Å². The number of carbonyl (C=O) groups is 1. The van der Waals surface area contributed by atoms with Crippen LogP contribution in [0.5, 0.6) is 0 Å². The van der Waals surface area contributed by atoms with Crippen LogP contribution in [0.25, 0.3) is 10.2 Å². The highest BCUT2D eigenvalue weighted by atomic mass is 32.1. The van der Waals surface area contributed by atoms with Crippen molar-refractivity contribution < 1.29 is 4.79 Å². The average molecular weight is 384 g/mol. The summed E-state index contributed by atoms with van der Waals surface area (Å²) in [5.74, 6) is 1.38. The Labute approximate surface area is 163 Å². The summed E-state index contributed by atoms with van der Waals surface area (Å²) in [6, 6.07) is 6.08. The molecule has 0 aliphatic carbocycles. The second kappa shape index (κ2) is 7.40. The van der Waals surface area contributed by atoms with Gasteiger partial charge in [-0.2, -0.15) is 0 Å². The number of fused-ring (bicyclic) bond motifs is 1. The summed E-state index contributed by atoms with van der Waals surface area (Å²) in [4.78, 5) is 26.1. The first-order valence-corrected chi connectivity index (χ1v) is 10.2. The van der Waals surface area contributed by atoms with Gasteiger partial charge in [0.15, 0.2) is 0 Å². The van der Waals surface area contributed by atoms with Crippen molar-refractivity contribution in [2.75, 3.05) is 25.0 Å². The zero-order valence-electron chi connectivity index (χ0n) is 16.1. The first-order valence-electron chi connectivity index (χ1n) is 9.34. The zero-order valence-corrected chi connectivity index (χ0v) is 16.9. The maximum absolute atomic E-state index is 13.0. The molecule has 1 amide bonds. The van der Waals surface area contributed by atoms with Crippen LogP contribution in [0.4, 0.5) is 5.69 Å². The fourth-order valence-corrected chi connectivity index (χ4v) is 4.59. The second-order valence-corrected chi connectivity index (χ2v) is 8.52. The quantitative estimate of drug-likeness (QED) is 0.694. The lowest BCUT2D eigenvalue weighted by Gasteiger charge is -2.33. The van der Waals surface area contributed by atoms with Gasteiger partial charge in [0.2, 0.25) is 5.91 Å². The van der Waals surface area contributed by atoms with Crippen LogP contribution in [-0.4, -0.2) is 45.5 Å². The third-order valence-corrected chi connectivity index (χ3v) is 6.35. The van der Waals surface area contributed by atoms with E-state index in [0.717, 1.165) is 59.2 Å². The molecule has 3 heterocycles. The maximum atomic E-state index is 13.0. The first kappa shape index (κ1) is 18.1. The molecule has 6 nitrogen and oxygen atoms in total. The number of hydrogen-bond donors (Lipinski definition) is 0. The van der Waals surface area contributed by atoms with E-state index in [0.29, 0.717) is 0 Å². The number of piperidine rings is 1. The molecule has 0 N–H and O–H groups in total. The minimum Gasteiger partial charge on any atom is -0.337 e. The highest BCUT2D eigenvalue weighted by Crippen LogP contribution is 2.28. The van der Waals surface area contributed by atoms with E-state index in [1.165, 1.54) is 0 Å². The van der Waals surface area contributed by atoms with Crippen molar-refractivity contribution in [3.8, 4) is 0 Å². The normalized spacial score (nSPS) is 16.1. The van der Waals surface area contributed by atoms with E-state index < -0.39 is 0 Å². The predicted molar refractivity (Wildman–Crippen MR) is 109 cm³/mol. The molecular weight excluding hydrogens is 358 g/mol. The molecule has 0 saturated carbocycles. The molecule has 0 unspecified atom stereocenters. The summed E-state index contributed by atoms with van der Waals surface area (Å²) in [5.41, 5.74) is 1.95. The number of anilines is 1. The molecule has 1 fully saturated rings. The number of hydrogen-bond acceptors (Lipinski definition) is 5. The Morgan fingerprint density at radius 3 is 2.81 bits per heavy atom. The summed E-state index contributed by atoms with van der Waals surface area (Å²) < 4.78 is 3.19. The van der Waals surface area contributed by atoms with Gasteiger partial charge in [-0.15, -0.1) is 11.3 Å². The van der Waals surface area contributed by atoms with Crippen LogP contribution in [0, 0.1) is 12.8 Å². The molecule has 1 aromatic carbocycles. The van der Waals surface area contributed by atoms with Crippen molar-refractivity contribution in [2.45, 2.75) is 26.3 Å². The van der Waals surface area contributed by atoms with Crippen molar-refractivity contribution in [3.63, 3.8) is 0 Å². The third kappa shape index (κ3) is 3.75. The minimum atomic E-state index is 0.0894. The van der Waals surface area contributed by atoms with Gasteiger partial charge in [-0.1, -0.05) is 0 Å². The molecule has 1 aliphatic heterocycles. The van der Waals surface area contributed by atoms with Gasteiger partial charge in [-0.25, -0.2) is 9.97 Å². The Kier molecular flexibility index (Phi) is 4.97. The predicted octanol–water partition coefficient (Wildman–Crippen LogP) is 3.21. The number of nitrogens with zero attached hydrogens (tertiary/aromatic N) is 5. The molecule has 0 radical (unpaired) electrons. The van der Waals surface area contributed by atoms with Gasteiger partial charge >= 0.3 is 0 Å². The Hall–Kier alpha value is -2.25. The molecule has 27 heavy (non-hydrogen) atoms. The number of thiazole rings is 1. The van der Waals surface area contributed by atoms with E-state index in [-0.39, 0.29) is 11.8 Å². The Balaban J connectivity index is 1.38. The molecule has 0 bridgehead atoms. The highest BCUT2D eigenvalue weighted by Gasteiger charge is 2.28. The number of imidazole rings is 1. The lowest BCUT2D eigenvalue weighted by molar-refractivity contribution is -0.123. The van der Waals surface area contributed by atoms with Gasteiger partial charge in [-0.3, -0.25) is 9.69 Å². The minimum absolute atomic E-state index is 0.0894. The van der Waals surface area contributed by atoms with E-state index in [4.69, 9.17) is 0 Å². The van der Waals surface area contributed by atoms with E-state index in [1.807, 2.05) is 50.4 Å². The molecule has 7 heteroatoms. The Bertz CT molecular complexity index is 954. The van der Waals surface area contributed by atoms with Gasteiger partial charge in [0.25, 0.3) is 0 Å². The number of aromatic nitrogens is 3. The smallest absolute Gasteiger partial charge is 0.229 e. The number of carbonyl (C=O) groups excluding carboxylic acids is 1. The molecule has 1 saturated heterocycles. The number of aryl methyl sites for hydroxylation is 2. The van der Waals surface area contributed by atoms with Gasteiger partial charge in [0.05, 0.1) is 21.8 Å². The molecule has 0 spiro atoms. The molecule has 3 aromatic rings. The maximum Gasteiger partial charge on any atom is 0.229 e. The fraction of sp³-hybridized carbons (Fsp3) is 0.450. The summed E-state index contributed by atoms with van der Waals surface area (Å²) in [6.45, 7) is 4.73. The Morgan fingerprint density at radius 1 is 1.33 bits per heavy atom. The van der Waals surface area contributed by atoms with Gasteiger partial charge in [0.1, 0.15) is 5.82 Å². The van der Waals surface area contributed by atoms with Crippen molar-refractivity contribution in [2.24, 2.45) is 13.0 Å². The molecule has 2 aromatic heterocycles. The largest absolute Gasteiger partial charge is 0.337 e. The first-order chi connectivity index (χ1) is 13.0. The molecule has 0 atom stereocenters. The standard InChI is InChI=1S/C20H25N5OS/c1-14-22-17-5-4-16(12-18(17)27-14)24(3)20(26)15-6-9-25(10-7-15)13-19-21-8-11-23(19)2/h4-5,8,11-12,15H,6-7,9-10,13H2,1-3H3. The summed E-state index contributed by atoms with van der Waals surface area (Å²) >= 11 is 1.67. The van der Waals surface area contributed by atoms with Crippen molar-refractivity contribution in [1.82, 2.24) is 19.4 Å². The highest BCUT2D eigenvalue weighted by molar-refractivity contribution is 7.18. The van der Waals surface area contributed by atoms with Crippen LogP contribution in [0.1, 0.15) is 23.7 Å². The van der Waals surface area contributed by atoms with E-state index in [1.54, 1.807) is 11.3 Å². The number of benzene rings is 1. The van der Waals surface area contributed by atoms with Crippen molar-refractivity contribution >= 4 is 33.1 Å². The summed E-state index contributed by atoms with van der Waals surface area (Å²) in [5, 5.41) is 1.05. The van der Waals surface area contributed by atoms with Crippen LogP contribution >= 0.6 is 11.3 Å². The van der Waals surface area contributed by atoms with Gasteiger partial charge < -0.3 is 9.47 Å². The SMILES string of the molecule is Cc1nc2ccc(N(C)C(=O)C3CCN(Cc4nccn4C)CC3)cc2s1. The summed E-state index contributed by atoms with van der Waals surface area (Å²) in [6.07, 6.45) is 5.61. The number of amides is 1. The lowest BCUT2D eigenvalue weighted by atomic mass is 9.95. The van der Waals surface area contributed by atoms with Gasteiger partial charge in [-0.05, 0) is 51.1 Å². The van der Waals surface area contributed by atoms with Crippen LogP contribution < -0.4 is 4.90 Å². The van der Waals surface area contributed by atoms with E-state index in [9.17, 15) is 4.79 Å². The zero-order chi connectivity index (χ0) is 19.0. The van der Waals surface area contributed by atoms with Crippen LogP contribution in [-0.2, 0) is 18.4 Å². The average Bonchev–Trinajstić information content (AvgIpc) is 3.24. The molecule has 142 valence electrons. The van der Waals surface area contributed by atoms with Crippen molar-refractivity contribution in [3.05, 3.63) is 41.4 Å². The topological polar surface area (TPSA) is 54.3 Å². The number of rotatable bonds is 4. The number of likely N-dealkylation sites (tertiary alicyclic amines) is 1.